The summed E-state index contributed by atoms with van der Waals surface area (Å²) in [5.41, 5.74) is 3.35. The first kappa shape index (κ1) is 14.7. The molecule has 0 aliphatic rings. The predicted molar refractivity (Wildman–Crippen MR) is 86.6 cm³/mol. The fraction of sp³-hybridized carbons (Fsp3) is 0.312. The Morgan fingerprint density at radius 2 is 1.80 bits per heavy atom. The zero-order valence-corrected chi connectivity index (χ0v) is 12.7. The third kappa shape index (κ3) is 3.64. The first-order valence-corrected chi connectivity index (χ1v) is 7.29. The number of pyridine rings is 1. The predicted octanol–water partition coefficient (Wildman–Crippen LogP) is 4.19. The lowest BCUT2D eigenvalue weighted by atomic mass is 10.2. The number of hydrogen-bond acceptors (Lipinski definition) is 3. The van der Waals surface area contributed by atoms with Gasteiger partial charge in [-0.15, -0.1) is 0 Å². The molecule has 0 unspecified atom stereocenters. The van der Waals surface area contributed by atoms with Crippen molar-refractivity contribution in [3.63, 3.8) is 0 Å². The van der Waals surface area contributed by atoms with Crippen molar-refractivity contribution in [2.45, 2.75) is 20.4 Å². The third-order valence-corrected chi connectivity index (χ3v) is 3.65. The van der Waals surface area contributed by atoms with Crippen LogP contribution in [-0.2, 0) is 6.54 Å². The van der Waals surface area contributed by atoms with Gasteiger partial charge in [0.1, 0.15) is 0 Å². The Balaban J connectivity index is 1.99. The van der Waals surface area contributed by atoms with Crippen molar-refractivity contribution in [3.8, 4) is 0 Å². The molecule has 1 N–H and O–H groups in total. The Labute approximate surface area is 125 Å². The van der Waals surface area contributed by atoms with Gasteiger partial charge in [-0.05, 0) is 37.6 Å². The van der Waals surface area contributed by atoms with Crippen molar-refractivity contribution >= 4 is 23.0 Å². The summed E-state index contributed by atoms with van der Waals surface area (Å²) in [5, 5.41) is 3.99. The Morgan fingerprint density at radius 1 is 1.10 bits per heavy atom. The Kier molecular flexibility index (Phi) is 5.24. The Hall–Kier alpha value is -1.74. The smallest absolute Gasteiger partial charge is 0.0718 e. The Bertz CT molecular complexity index is 536. The summed E-state index contributed by atoms with van der Waals surface area (Å²) >= 11 is 6.09. The summed E-state index contributed by atoms with van der Waals surface area (Å²) < 4.78 is 0. The highest BCUT2D eigenvalue weighted by molar-refractivity contribution is 6.33. The molecule has 0 amide bonds. The van der Waals surface area contributed by atoms with E-state index in [1.54, 1.807) is 18.5 Å². The molecule has 1 aromatic heterocycles. The minimum absolute atomic E-state index is 0.694. The average Bonchev–Trinajstić information content (AvgIpc) is 2.49. The highest BCUT2D eigenvalue weighted by atomic mass is 35.5. The van der Waals surface area contributed by atoms with Crippen LogP contribution >= 0.6 is 11.6 Å². The average molecular weight is 290 g/mol. The maximum atomic E-state index is 6.09. The summed E-state index contributed by atoms with van der Waals surface area (Å²) in [7, 11) is 0. The van der Waals surface area contributed by atoms with Crippen molar-refractivity contribution in [2.75, 3.05) is 23.3 Å². The summed E-state index contributed by atoms with van der Waals surface area (Å²) in [5.74, 6) is 0. The summed E-state index contributed by atoms with van der Waals surface area (Å²) in [6, 6.07) is 10.4. The summed E-state index contributed by atoms with van der Waals surface area (Å²) in [6.45, 7) is 7.13. The van der Waals surface area contributed by atoms with Crippen LogP contribution in [0.1, 0.15) is 19.4 Å². The largest absolute Gasteiger partial charge is 0.379 e. The van der Waals surface area contributed by atoms with E-state index in [1.807, 2.05) is 0 Å². The van der Waals surface area contributed by atoms with E-state index < -0.39 is 0 Å². The van der Waals surface area contributed by atoms with Gasteiger partial charge >= 0.3 is 0 Å². The zero-order valence-electron chi connectivity index (χ0n) is 11.9. The molecule has 0 spiro atoms. The van der Waals surface area contributed by atoms with E-state index in [2.05, 4.69) is 53.3 Å². The highest BCUT2D eigenvalue weighted by Gasteiger charge is 2.02. The van der Waals surface area contributed by atoms with E-state index in [9.17, 15) is 0 Å². The SMILES string of the molecule is CCN(CC)c1ccc(CNc2cnccc2Cl)cc1. The topological polar surface area (TPSA) is 28.2 Å². The van der Waals surface area contributed by atoms with Crippen LogP contribution in [0.25, 0.3) is 0 Å². The molecule has 0 aliphatic carbocycles. The summed E-state index contributed by atoms with van der Waals surface area (Å²) in [4.78, 5) is 6.39. The number of nitrogens with zero attached hydrogens (tertiary/aromatic N) is 2. The zero-order chi connectivity index (χ0) is 14.4. The van der Waals surface area contributed by atoms with Crippen LogP contribution in [0.15, 0.2) is 42.7 Å². The van der Waals surface area contributed by atoms with Gasteiger partial charge in [0, 0.05) is 31.5 Å². The van der Waals surface area contributed by atoms with Gasteiger partial charge in [-0.25, -0.2) is 0 Å². The quantitative estimate of drug-likeness (QED) is 0.864. The van der Waals surface area contributed by atoms with Crippen LogP contribution in [0.2, 0.25) is 5.02 Å². The lowest BCUT2D eigenvalue weighted by molar-refractivity contribution is 0.865. The van der Waals surface area contributed by atoms with Crippen LogP contribution in [0, 0.1) is 0 Å². The first-order chi connectivity index (χ1) is 9.74. The molecule has 20 heavy (non-hydrogen) atoms. The van der Waals surface area contributed by atoms with Gasteiger partial charge in [0.25, 0.3) is 0 Å². The minimum Gasteiger partial charge on any atom is -0.379 e. The maximum Gasteiger partial charge on any atom is 0.0718 e. The van der Waals surface area contributed by atoms with Gasteiger partial charge in [-0.3, -0.25) is 4.98 Å². The van der Waals surface area contributed by atoms with Crippen LogP contribution in [0.4, 0.5) is 11.4 Å². The minimum atomic E-state index is 0.694. The van der Waals surface area contributed by atoms with Crippen molar-refractivity contribution in [1.82, 2.24) is 4.98 Å². The fourth-order valence-corrected chi connectivity index (χ4v) is 2.29. The first-order valence-electron chi connectivity index (χ1n) is 6.91. The van der Waals surface area contributed by atoms with E-state index in [-0.39, 0.29) is 0 Å². The molecule has 0 atom stereocenters. The molecule has 3 nitrogen and oxygen atoms in total. The molecule has 4 heteroatoms. The second kappa shape index (κ2) is 7.15. The molecular formula is C16H20ClN3. The van der Waals surface area contributed by atoms with Crippen molar-refractivity contribution in [2.24, 2.45) is 0 Å². The van der Waals surface area contributed by atoms with E-state index >= 15 is 0 Å². The third-order valence-electron chi connectivity index (χ3n) is 3.32. The number of halogens is 1. The number of aromatic nitrogens is 1. The molecule has 2 rings (SSSR count). The lowest BCUT2D eigenvalue weighted by Crippen LogP contribution is -2.21. The van der Waals surface area contributed by atoms with Crippen molar-refractivity contribution in [3.05, 3.63) is 53.3 Å². The van der Waals surface area contributed by atoms with Crippen LogP contribution in [0.5, 0.6) is 0 Å². The number of hydrogen-bond donors (Lipinski definition) is 1. The molecule has 1 aromatic carbocycles. The van der Waals surface area contributed by atoms with Gasteiger partial charge < -0.3 is 10.2 Å². The fourth-order valence-electron chi connectivity index (χ4n) is 2.12. The van der Waals surface area contributed by atoms with Gasteiger partial charge in [0.2, 0.25) is 0 Å². The monoisotopic (exact) mass is 289 g/mol. The number of anilines is 2. The summed E-state index contributed by atoms with van der Waals surface area (Å²) in [6.07, 6.45) is 3.43. The maximum absolute atomic E-state index is 6.09. The molecule has 0 radical (unpaired) electrons. The number of nitrogens with one attached hydrogen (secondary N) is 1. The molecule has 2 aromatic rings. The Morgan fingerprint density at radius 3 is 2.40 bits per heavy atom. The molecule has 0 saturated carbocycles. The molecular weight excluding hydrogens is 270 g/mol. The second-order valence-electron chi connectivity index (χ2n) is 4.55. The van der Waals surface area contributed by atoms with Crippen molar-refractivity contribution < 1.29 is 0 Å². The molecule has 0 bridgehead atoms. The molecule has 106 valence electrons. The van der Waals surface area contributed by atoms with Crippen LogP contribution < -0.4 is 10.2 Å². The van der Waals surface area contributed by atoms with Gasteiger partial charge in [-0.2, -0.15) is 0 Å². The highest BCUT2D eigenvalue weighted by Crippen LogP contribution is 2.20. The molecule has 0 saturated heterocycles. The van der Waals surface area contributed by atoms with Gasteiger partial charge in [-0.1, -0.05) is 23.7 Å². The van der Waals surface area contributed by atoms with Crippen LogP contribution in [-0.4, -0.2) is 18.1 Å². The van der Waals surface area contributed by atoms with E-state index in [0.717, 1.165) is 25.3 Å². The lowest BCUT2D eigenvalue weighted by Gasteiger charge is -2.21. The van der Waals surface area contributed by atoms with Gasteiger partial charge in [0.05, 0.1) is 16.9 Å². The molecule has 0 fully saturated rings. The number of rotatable bonds is 6. The van der Waals surface area contributed by atoms with E-state index in [4.69, 9.17) is 11.6 Å². The van der Waals surface area contributed by atoms with Crippen LogP contribution in [0.3, 0.4) is 0 Å². The standard InChI is InChI=1S/C16H20ClN3/c1-3-20(4-2)14-7-5-13(6-8-14)11-19-16-12-18-10-9-15(16)17/h5-10,12,19H,3-4,11H2,1-2H3. The van der Waals surface area contributed by atoms with Gasteiger partial charge in [0.15, 0.2) is 0 Å². The molecule has 0 aliphatic heterocycles. The molecule has 1 heterocycles. The van der Waals surface area contributed by atoms with E-state index in [0.29, 0.717) is 5.02 Å². The van der Waals surface area contributed by atoms with E-state index in [1.165, 1.54) is 11.3 Å². The second-order valence-corrected chi connectivity index (χ2v) is 4.96. The number of benzene rings is 1. The normalized spacial score (nSPS) is 10.3. The van der Waals surface area contributed by atoms with Crippen molar-refractivity contribution in [1.29, 1.82) is 0 Å².